The molecule has 0 unspecified atom stereocenters. The topological polar surface area (TPSA) is 51.5 Å². The van der Waals surface area contributed by atoms with Gasteiger partial charge in [0, 0.05) is 0 Å². The van der Waals surface area contributed by atoms with Gasteiger partial charge in [0.1, 0.15) is 12.4 Å². The molecule has 0 N–H and O–H groups in total. The van der Waals surface area contributed by atoms with Crippen molar-refractivity contribution in [1.29, 1.82) is 5.26 Å². The number of nitriles is 1. The molecule has 0 aliphatic heterocycles. The van der Waals surface area contributed by atoms with Gasteiger partial charge in [-0.05, 0) is 47.5 Å². The van der Waals surface area contributed by atoms with Crippen molar-refractivity contribution >= 4 is 11.6 Å². The van der Waals surface area contributed by atoms with Gasteiger partial charge in [-0.2, -0.15) is 5.26 Å². The Morgan fingerprint density at radius 3 is 2.38 bits per heavy atom. The van der Waals surface area contributed by atoms with E-state index in [1.165, 1.54) is 0 Å². The van der Waals surface area contributed by atoms with E-state index in [2.05, 4.69) is 12.6 Å². The van der Waals surface area contributed by atoms with Gasteiger partial charge in [0.05, 0.1) is 25.9 Å². The average Bonchev–Trinajstić information content (AvgIpc) is 2.64. The third-order valence-electron chi connectivity index (χ3n) is 3.37. The molecule has 0 atom stereocenters. The second-order valence-corrected chi connectivity index (χ2v) is 4.91. The molecule has 0 amide bonds. The fraction of sp³-hybridized carbons (Fsp3) is 0.150. The molecule has 0 fully saturated rings. The third kappa shape index (κ3) is 4.17. The van der Waals surface area contributed by atoms with Gasteiger partial charge in [0.2, 0.25) is 0 Å². The maximum absolute atomic E-state index is 9.48. The van der Waals surface area contributed by atoms with Crippen molar-refractivity contribution in [3.05, 3.63) is 66.2 Å². The highest BCUT2D eigenvalue weighted by Crippen LogP contribution is 2.31. The van der Waals surface area contributed by atoms with Crippen LogP contribution in [0.3, 0.4) is 0 Å². The van der Waals surface area contributed by atoms with Gasteiger partial charge >= 0.3 is 0 Å². The molecule has 0 aromatic heterocycles. The molecular formula is C20H19NO3. The van der Waals surface area contributed by atoms with E-state index in [9.17, 15) is 5.26 Å². The molecule has 0 heterocycles. The first-order chi connectivity index (χ1) is 11.7. The summed E-state index contributed by atoms with van der Waals surface area (Å²) in [7, 11) is 3.15. The quantitative estimate of drug-likeness (QED) is 0.432. The van der Waals surface area contributed by atoms with Crippen LogP contribution in [0.4, 0.5) is 0 Å². The van der Waals surface area contributed by atoms with E-state index in [0.29, 0.717) is 23.7 Å². The molecule has 0 saturated carbocycles. The molecule has 2 aromatic carbocycles. The predicted octanol–water partition coefficient (Wildman–Crippen LogP) is 4.33. The Morgan fingerprint density at radius 2 is 1.79 bits per heavy atom. The van der Waals surface area contributed by atoms with E-state index in [-0.39, 0.29) is 0 Å². The zero-order valence-corrected chi connectivity index (χ0v) is 13.8. The normalized spacial score (nSPS) is 10.6. The molecule has 0 aliphatic carbocycles. The number of allylic oxidation sites excluding steroid dienone is 1. The van der Waals surface area contributed by atoms with Gasteiger partial charge in [0.25, 0.3) is 0 Å². The summed E-state index contributed by atoms with van der Waals surface area (Å²) in [6, 6.07) is 15.1. The minimum atomic E-state index is 0.463. The number of benzene rings is 2. The first-order valence-electron chi connectivity index (χ1n) is 7.39. The maximum atomic E-state index is 9.48. The standard InChI is InChI=1S/C20H19NO3/c1-4-11-24-18-8-5-15(6-9-18)12-17(14-21)16-7-10-19(22-2)20(13-16)23-3/h4-10,12-13H,1,11H2,2-3H3/b17-12-. The lowest BCUT2D eigenvalue weighted by Crippen LogP contribution is -1.93. The summed E-state index contributed by atoms with van der Waals surface area (Å²) in [5.41, 5.74) is 2.21. The van der Waals surface area contributed by atoms with Crippen molar-refractivity contribution in [2.24, 2.45) is 0 Å². The van der Waals surface area contributed by atoms with Crippen molar-refractivity contribution in [1.82, 2.24) is 0 Å². The van der Waals surface area contributed by atoms with Crippen LogP contribution in [0.2, 0.25) is 0 Å². The van der Waals surface area contributed by atoms with E-state index in [1.807, 2.05) is 36.4 Å². The molecule has 4 nitrogen and oxygen atoms in total. The van der Waals surface area contributed by atoms with E-state index in [0.717, 1.165) is 16.9 Å². The highest BCUT2D eigenvalue weighted by Gasteiger charge is 2.08. The van der Waals surface area contributed by atoms with E-state index < -0.39 is 0 Å². The second kappa shape index (κ2) is 8.44. The van der Waals surface area contributed by atoms with Crippen LogP contribution in [0.25, 0.3) is 11.6 Å². The summed E-state index contributed by atoms with van der Waals surface area (Å²) in [5.74, 6) is 1.98. The van der Waals surface area contributed by atoms with Gasteiger partial charge in [0.15, 0.2) is 11.5 Å². The van der Waals surface area contributed by atoms with Crippen LogP contribution in [0, 0.1) is 11.3 Å². The Bertz CT molecular complexity index is 770. The summed E-state index contributed by atoms with van der Waals surface area (Å²) >= 11 is 0. The lowest BCUT2D eigenvalue weighted by Gasteiger charge is -2.09. The predicted molar refractivity (Wildman–Crippen MR) is 95.2 cm³/mol. The van der Waals surface area contributed by atoms with E-state index >= 15 is 0 Å². The van der Waals surface area contributed by atoms with Crippen LogP contribution in [-0.2, 0) is 0 Å². The van der Waals surface area contributed by atoms with Crippen molar-refractivity contribution in [3.8, 4) is 23.3 Å². The van der Waals surface area contributed by atoms with Gasteiger partial charge in [-0.25, -0.2) is 0 Å². The van der Waals surface area contributed by atoms with Crippen molar-refractivity contribution < 1.29 is 14.2 Å². The first kappa shape index (κ1) is 17.2. The van der Waals surface area contributed by atoms with Crippen LogP contribution in [0.15, 0.2) is 55.1 Å². The minimum absolute atomic E-state index is 0.463. The summed E-state index contributed by atoms with van der Waals surface area (Å²) in [6.07, 6.45) is 3.51. The Kier molecular flexibility index (Phi) is 6.04. The molecule has 0 radical (unpaired) electrons. The highest BCUT2D eigenvalue weighted by atomic mass is 16.5. The Hall–Kier alpha value is -3.19. The van der Waals surface area contributed by atoms with Crippen molar-refractivity contribution in [2.45, 2.75) is 0 Å². The zero-order valence-electron chi connectivity index (χ0n) is 13.8. The fourth-order valence-corrected chi connectivity index (χ4v) is 2.17. The Labute approximate surface area is 142 Å². The average molecular weight is 321 g/mol. The monoisotopic (exact) mass is 321 g/mol. The summed E-state index contributed by atoms with van der Waals surface area (Å²) < 4.78 is 16.0. The van der Waals surface area contributed by atoms with Crippen molar-refractivity contribution in [3.63, 3.8) is 0 Å². The number of hydrogen-bond acceptors (Lipinski definition) is 4. The number of rotatable bonds is 7. The van der Waals surface area contributed by atoms with Gasteiger partial charge in [-0.3, -0.25) is 0 Å². The molecule has 4 heteroatoms. The lowest BCUT2D eigenvalue weighted by atomic mass is 10.0. The lowest BCUT2D eigenvalue weighted by molar-refractivity contribution is 0.355. The second-order valence-electron chi connectivity index (χ2n) is 4.91. The number of ether oxygens (including phenoxy) is 3. The van der Waals surface area contributed by atoms with Gasteiger partial charge in [-0.15, -0.1) is 0 Å². The molecule has 2 rings (SSSR count). The van der Waals surface area contributed by atoms with E-state index in [4.69, 9.17) is 14.2 Å². The van der Waals surface area contributed by atoms with Crippen molar-refractivity contribution in [2.75, 3.05) is 20.8 Å². The van der Waals surface area contributed by atoms with Gasteiger partial charge < -0.3 is 14.2 Å². The van der Waals surface area contributed by atoms with E-state index in [1.54, 1.807) is 32.4 Å². The number of nitrogens with zero attached hydrogens (tertiary/aromatic N) is 1. The largest absolute Gasteiger partial charge is 0.493 e. The summed E-state index contributed by atoms with van der Waals surface area (Å²) in [4.78, 5) is 0. The number of methoxy groups -OCH3 is 2. The maximum Gasteiger partial charge on any atom is 0.161 e. The summed E-state index contributed by atoms with van der Waals surface area (Å²) in [5, 5.41) is 9.48. The van der Waals surface area contributed by atoms with Crippen LogP contribution in [0.1, 0.15) is 11.1 Å². The first-order valence-corrected chi connectivity index (χ1v) is 7.39. The smallest absolute Gasteiger partial charge is 0.161 e. The highest BCUT2D eigenvalue weighted by molar-refractivity contribution is 5.90. The third-order valence-corrected chi connectivity index (χ3v) is 3.37. The molecule has 0 bridgehead atoms. The molecular weight excluding hydrogens is 302 g/mol. The fourth-order valence-electron chi connectivity index (χ4n) is 2.17. The van der Waals surface area contributed by atoms with Crippen LogP contribution in [0.5, 0.6) is 17.2 Å². The minimum Gasteiger partial charge on any atom is -0.493 e. The molecule has 0 spiro atoms. The molecule has 0 saturated heterocycles. The Balaban J connectivity index is 2.29. The molecule has 0 aliphatic rings. The molecule has 24 heavy (non-hydrogen) atoms. The van der Waals surface area contributed by atoms with Gasteiger partial charge in [-0.1, -0.05) is 24.8 Å². The molecule has 122 valence electrons. The molecule has 2 aromatic rings. The zero-order chi connectivity index (χ0) is 17.4. The van der Waals surface area contributed by atoms with Crippen LogP contribution in [-0.4, -0.2) is 20.8 Å². The Morgan fingerprint density at radius 1 is 1.08 bits per heavy atom. The SMILES string of the molecule is C=CCOc1ccc(/C=C(/C#N)c2ccc(OC)c(OC)c2)cc1. The van der Waals surface area contributed by atoms with Crippen LogP contribution >= 0.6 is 0 Å². The van der Waals surface area contributed by atoms with Crippen LogP contribution < -0.4 is 14.2 Å². The number of hydrogen-bond donors (Lipinski definition) is 0. The summed E-state index contributed by atoms with van der Waals surface area (Å²) in [6.45, 7) is 4.08.